The average molecular weight is 417 g/mol. The van der Waals surface area contributed by atoms with Gasteiger partial charge in [0.15, 0.2) is 0 Å². The van der Waals surface area contributed by atoms with Gasteiger partial charge in [-0.1, -0.05) is 25.2 Å². The molecular weight excluding hydrogens is 388 g/mol. The van der Waals surface area contributed by atoms with E-state index in [1.807, 2.05) is 25.1 Å². The first-order valence-corrected chi connectivity index (χ1v) is 10.7. The summed E-state index contributed by atoms with van der Waals surface area (Å²) < 4.78 is 12.6. The van der Waals surface area contributed by atoms with Crippen LogP contribution in [0.5, 0.6) is 17.4 Å². The fraction of sp³-hybridized carbons (Fsp3) is 0.524. The smallest absolute Gasteiger partial charge is 0.230 e. The predicted molar refractivity (Wildman–Crippen MR) is 113 cm³/mol. The van der Waals surface area contributed by atoms with Crippen LogP contribution < -0.4 is 9.47 Å². The van der Waals surface area contributed by atoms with Gasteiger partial charge in [-0.3, -0.25) is 4.90 Å². The number of aromatic hydroxyl groups is 1. The fourth-order valence-electron chi connectivity index (χ4n) is 4.50. The molecule has 1 aromatic carbocycles. The Morgan fingerprint density at radius 1 is 1.17 bits per heavy atom. The lowest BCUT2D eigenvalue weighted by Crippen LogP contribution is -2.41. The quantitative estimate of drug-likeness (QED) is 0.680. The number of nitrogens with zero attached hydrogens (tertiary/aromatic N) is 4. The molecule has 3 atom stereocenters. The van der Waals surface area contributed by atoms with Gasteiger partial charge in [-0.25, -0.2) is 4.98 Å². The molecule has 0 amide bonds. The molecule has 7 nitrogen and oxygen atoms in total. The maximum absolute atomic E-state index is 11.0. The van der Waals surface area contributed by atoms with E-state index in [1.54, 1.807) is 14.2 Å². The Kier molecular flexibility index (Phi) is 5.40. The average Bonchev–Trinajstić information content (AvgIpc) is 3.19. The number of aromatic nitrogens is 3. The van der Waals surface area contributed by atoms with Gasteiger partial charge in [-0.15, -0.1) is 5.10 Å². The van der Waals surface area contributed by atoms with Crippen molar-refractivity contribution in [3.05, 3.63) is 34.5 Å². The van der Waals surface area contributed by atoms with E-state index in [9.17, 15) is 5.11 Å². The molecule has 4 rings (SSSR count). The van der Waals surface area contributed by atoms with Crippen LogP contribution in [0.15, 0.2) is 18.2 Å². The number of piperidine rings is 1. The molecule has 1 saturated heterocycles. The molecule has 0 saturated carbocycles. The van der Waals surface area contributed by atoms with Crippen molar-refractivity contribution in [2.24, 2.45) is 11.8 Å². The molecular formula is C21H28N4O3S. The number of aryl methyl sites for hydroxylation is 1. The van der Waals surface area contributed by atoms with E-state index in [-0.39, 0.29) is 11.9 Å². The highest BCUT2D eigenvalue weighted by molar-refractivity contribution is 7.17. The SMILES string of the molecule is COc1ccc([C@H](c2sc3nc(C)nn3c2O)N2C[C@H](C)C[C@H](C)C2)c(OC)c1. The Balaban J connectivity index is 1.87. The molecule has 1 fully saturated rings. The largest absolute Gasteiger partial charge is 0.497 e. The van der Waals surface area contributed by atoms with E-state index in [4.69, 9.17) is 9.47 Å². The van der Waals surface area contributed by atoms with E-state index in [0.29, 0.717) is 22.6 Å². The first-order chi connectivity index (χ1) is 13.9. The highest BCUT2D eigenvalue weighted by atomic mass is 32.1. The molecule has 2 aromatic heterocycles. The van der Waals surface area contributed by atoms with Crippen molar-refractivity contribution in [2.75, 3.05) is 27.3 Å². The molecule has 1 N–H and O–H groups in total. The van der Waals surface area contributed by atoms with Gasteiger partial charge in [0.25, 0.3) is 0 Å². The summed E-state index contributed by atoms with van der Waals surface area (Å²) in [5.74, 6) is 3.45. The lowest BCUT2D eigenvalue weighted by atomic mass is 9.89. The number of rotatable bonds is 5. The van der Waals surface area contributed by atoms with Gasteiger partial charge in [0.1, 0.15) is 17.3 Å². The van der Waals surface area contributed by atoms with Crippen molar-refractivity contribution in [1.82, 2.24) is 19.5 Å². The van der Waals surface area contributed by atoms with E-state index >= 15 is 0 Å². The monoisotopic (exact) mass is 416 g/mol. The summed E-state index contributed by atoms with van der Waals surface area (Å²) >= 11 is 1.48. The van der Waals surface area contributed by atoms with Crippen LogP contribution in [0.1, 0.15) is 42.6 Å². The normalized spacial score (nSPS) is 21.4. The molecule has 0 radical (unpaired) electrons. The molecule has 29 heavy (non-hydrogen) atoms. The number of fused-ring (bicyclic) bond motifs is 1. The van der Waals surface area contributed by atoms with E-state index in [0.717, 1.165) is 35.0 Å². The van der Waals surface area contributed by atoms with Crippen LogP contribution in [0.2, 0.25) is 0 Å². The van der Waals surface area contributed by atoms with Gasteiger partial charge >= 0.3 is 0 Å². The summed E-state index contributed by atoms with van der Waals surface area (Å²) in [5.41, 5.74) is 1.01. The predicted octanol–water partition coefficient (Wildman–Crippen LogP) is 3.89. The van der Waals surface area contributed by atoms with Gasteiger partial charge in [0.05, 0.1) is 25.1 Å². The van der Waals surface area contributed by atoms with Crippen LogP contribution in [0.25, 0.3) is 4.96 Å². The summed E-state index contributed by atoms with van der Waals surface area (Å²) in [7, 11) is 3.32. The zero-order valence-electron chi connectivity index (χ0n) is 17.5. The van der Waals surface area contributed by atoms with Gasteiger partial charge in [0.2, 0.25) is 10.8 Å². The Morgan fingerprint density at radius 2 is 1.90 bits per heavy atom. The van der Waals surface area contributed by atoms with Crippen LogP contribution in [-0.2, 0) is 0 Å². The highest BCUT2D eigenvalue weighted by Gasteiger charge is 2.35. The molecule has 0 unspecified atom stereocenters. The van der Waals surface area contributed by atoms with Crippen molar-refractivity contribution in [2.45, 2.75) is 33.2 Å². The molecule has 8 heteroatoms. The van der Waals surface area contributed by atoms with Crippen LogP contribution in [0.3, 0.4) is 0 Å². The lowest BCUT2D eigenvalue weighted by molar-refractivity contribution is 0.110. The number of likely N-dealkylation sites (tertiary alicyclic amines) is 1. The Hall–Kier alpha value is -2.32. The molecule has 0 aliphatic carbocycles. The number of methoxy groups -OCH3 is 2. The Morgan fingerprint density at radius 3 is 2.52 bits per heavy atom. The second kappa shape index (κ2) is 7.84. The van der Waals surface area contributed by atoms with Crippen LogP contribution in [0.4, 0.5) is 0 Å². The first-order valence-electron chi connectivity index (χ1n) is 9.92. The van der Waals surface area contributed by atoms with Crippen molar-refractivity contribution in [3.8, 4) is 17.4 Å². The summed E-state index contributed by atoms with van der Waals surface area (Å²) in [5, 5.41) is 15.4. The third kappa shape index (κ3) is 3.67. The maximum Gasteiger partial charge on any atom is 0.230 e. The van der Waals surface area contributed by atoms with Crippen molar-refractivity contribution >= 4 is 16.3 Å². The highest BCUT2D eigenvalue weighted by Crippen LogP contribution is 2.45. The zero-order valence-corrected chi connectivity index (χ0v) is 18.4. The van der Waals surface area contributed by atoms with Crippen LogP contribution in [-0.4, -0.2) is 51.9 Å². The topological polar surface area (TPSA) is 72.1 Å². The fourth-order valence-corrected chi connectivity index (χ4v) is 5.65. The standard InChI is InChI=1S/C21H28N4O3S/c1-12-8-13(2)11-24(10-12)18(16-7-6-15(27-4)9-17(16)28-5)19-20(26)25-21(29-19)22-14(3)23-25/h6-7,9,12-13,18,26H,8,10-11H2,1-5H3/t12-,13+,18-/m1/s1. The minimum absolute atomic E-state index is 0.144. The second-order valence-corrected chi connectivity index (χ2v) is 9.06. The summed E-state index contributed by atoms with van der Waals surface area (Å²) in [4.78, 5) is 8.44. The molecule has 156 valence electrons. The number of hydrogen-bond acceptors (Lipinski definition) is 7. The zero-order chi connectivity index (χ0) is 20.7. The second-order valence-electron chi connectivity index (χ2n) is 8.05. The van der Waals surface area contributed by atoms with Gasteiger partial charge in [0, 0.05) is 24.7 Å². The van der Waals surface area contributed by atoms with Crippen molar-refractivity contribution in [1.29, 1.82) is 0 Å². The maximum atomic E-state index is 11.0. The Bertz CT molecular complexity index is 1000. The minimum atomic E-state index is -0.144. The summed E-state index contributed by atoms with van der Waals surface area (Å²) in [6.45, 7) is 8.32. The third-order valence-electron chi connectivity index (χ3n) is 5.55. The summed E-state index contributed by atoms with van der Waals surface area (Å²) in [6, 6.07) is 5.74. The van der Waals surface area contributed by atoms with E-state index in [1.165, 1.54) is 22.3 Å². The van der Waals surface area contributed by atoms with Gasteiger partial charge in [-0.05, 0) is 37.3 Å². The third-order valence-corrected chi connectivity index (χ3v) is 6.62. The van der Waals surface area contributed by atoms with Crippen molar-refractivity contribution in [3.63, 3.8) is 0 Å². The molecule has 1 aliphatic rings. The van der Waals surface area contributed by atoms with E-state index in [2.05, 4.69) is 28.8 Å². The van der Waals surface area contributed by atoms with Gasteiger partial charge in [-0.2, -0.15) is 4.52 Å². The molecule has 0 spiro atoms. The number of ether oxygens (including phenoxy) is 2. The van der Waals surface area contributed by atoms with E-state index < -0.39 is 0 Å². The van der Waals surface area contributed by atoms with Crippen LogP contribution in [0, 0.1) is 18.8 Å². The number of hydrogen-bond donors (Lipinski definition) is 1. The number of benzene rings is 1. The lowest BCUT2D eigenvalue weighted by Gasteiger charge is -2.40. The Labute approximate surface area is 174 Å². The minimum Gasteiger partial charge on any atom is -0.497 e. The first kappa shape index (κ1) is 20.0. The van der Waals surface area contributed by atoms with Crippen molar-refractivity contribution < 1.29 is 14.6 Å². The summed E-state index contributed by atoms with van der Waals surface area (Å²) in [6.07, 6.45) is 1.21. The molecule has 0 bridgehead atoms. The number of thiazole rings is 1. The molecule has 3 heterocycles. The van der Waals surface area contributed by atoms with Crippen LogP contribution >= 0.6 is 11.3 Å². The van der Waals surface area contributed by atoms with Gasteiger partial charge < -0.3 is 14.6 Å². The molecule has 3 aromatic rings. The molecule has 1 aliphatic heterocycles.